The molecule has 0 saturated heterocycles. The van der Waals surface area contributed by atoms with Gasteiger partial charge >= 0.3 is 17.9 Å². The largest absolute Gasteiger partial charge is 0.462 e. The van der Waals surface area contributed by atoms with Crippen molar-refractivity contribution in [3.8, 4) is 0 Å². The van der Waals surface area contributed by atoms with Crippen LogP contribution in [0.5, 0.6) is 0 Å². The van der Waals surface area contributed by atoms with Crippen molar-refractivity contribution < 1.29 is 28.6 Å². The summed E-state index contributed by atoms with van der Waals surface area (Å²) in [5.41, 5.74) is 0. The van der Waals surface area contributed by atoms with Crippen molar-refractivity contribution in [3.63, 3.8) is 0 Å². The van der Waals surface area contributed by atoms with Crippen molar-refractivity contribution >= 4 is 17.9 Å². The molecular weight excluding hydrogens is 865 g/mol. The summed E-state index contributed by atoms with van der Waals surface area (Å²) < 4.78 is 16.7. The van der Waals surface area contributed by atoms with E-state index in [4.69, 9.17) is 14.2 Å². The first-order chi connectivity index (χ1) is 34.5. The minimum Gasteiger partial charge on any atom is -0.462 e. The maximum atomic E-state index is 12.8. The average Bonchev–Trinajstić information content (AvgIpc) is 3.36. The van der Waals surface area contributed by atoms with E-state index in [1.165, 1.54) is 38.5 Å². The van der Waals surface area contributed by atoms with Crippen LogP contribution in [0.3, 0.4) is 0 Å². The lowest BCUT2D eigenvalue weighted by Gasteiger charge is -2.18. The van der Waals surface area contributed by atoms with E-state index < -0.39 is 12.1 Å². The quantitative estimate of drug-likeness (QED) is 0.0262. The normalized spacial score (nSPS) is 13.4. The van der Waals surface area contributed by atoms with Gasteiger partial charge < -0.3 is 14.2 Å². The van der Waals surface area contributed by atoms with Crippen molar-refractivity contribution in [1.82, 2.24) is 0 Å². The van der Waals surface area contributed by atoms with Crippen LogP contribution in [0.1, 0.15) is 207 Å². The Hall–Kier alpha value is -4.97. The third kappa shape index (κ3) is 54.0. The molecule has 0 amide bonds. The van der Waals surface area contributed by atoms with Crippen LogP contribution in [0.2, 0.25) is 0 Å². The third-order valence-electron chi connectivity index (χ3n) is 10.8. The summed E-state index contributed by atoms with van der Waals surface area (Å²) in [6.45, 7) is 6.24. The Morgan fingerprint density at radius 1 is 0.300 bits per heavy atom. The van der Waals surface area contributed by atoms with Gasteiger partial charge in [-0.3, -0.25) is 14.4 Å². The number of hydrogen-bond donors (Lipinski definition) is 0. The van der Waals surface area contributed by atoms with Gasteiger partial charge in [0.2, 0.25) is 0 Å². The van der Waals surface area contributed by atoms with E-state index in [2.05, 4.69) is 167 Å². The molecule has 6 heteroatoms. The van der Waals surface area contributed by atoms with E-state index in [9.17, 15) is 14.4 Å². The molecule has 0 aromatic carbocycles. The second kappa shape index (κ2) is 56.6. The maximum Gasteiger partial charge on any atom is 0.306 e. The van der Waals surface area contributed by atoms with Crippen LogP contribution in [0.25, 0.3) is 0 Å². The standard InChI is InChI=1S/C64H98O6/c1-4-7-10-13-16-19-22-25-28-31-32-34-36-39-42-45-48-51-54-57-63(66)69-60-61(59-68-62(65)56-53-50-47-44-41-38-35-30-27-24-21-18-15-12-9-6-3)70-64(67)58-55-52-49-46-43-40-37-33-29-26-23-20-17-14-11-8-5-2/h7,9-10,12,16-21,25-30,32,34,37-38,40-41,46-47,49-50,61H,4-6,8,11,13-15,22-24,31,33,35-36,39,42-45,48,51-60H2,1-3H3/b10-7-,12-9-,19-16-,20-17-,21-18-,28-25-,29-26-,30-27-,34-32-,40-37-,41-38-,49-46-,50-47-. The fraction of sp³-hybridized carbons (Fsp3) is 0.547. The third-order valence-corrected chi connectivity index (χ3v) is 10.8. The molecule has 0 N–H and O–H groups in total. The predicted molar refractivity (Wildman–Crippen MR) is 302 cm³/mol. The Morgan fingerprint density at radius 2 is 0.600 bits per heavy atom. The highest BCUT2D eigenvalue weighted by Gasteiger charge is 2.19. The van der Waals surface area contributed by atoms with Crippen LogP contribution in [-0.4, -0.2) is 37.2 Å². The Morgan fingerprint density at radius 3 is 1.00 bits per heavy atom. The van der Waals surface area contributed by atoms with Gasteiger partial charge in [-0.1, -0.05) is 217 Å². The molecule has 390 valence electrons. The zero-order chi connectivity index (χ0) is 50.7. The van der Waals surface area contributed by atoms with E-state index in [0.29, 0.717) is 19.3 Å². The summed E-state index contributed by atoms with van der Waals surface area (Å²) in [6, 6.07) is 0. The molecule has 70 heavy (non-hydrogen) atoms. The topological polar surface area (TPSA) is 78.9 Å². The molecule has 0 spiro atoms. The molecule has 0 radical (unpaired) electrons. The fourth-order valence-electron chi connectivity index (χ4n) is 6.71. The Bertz CT molecular complexity index is 1620. The van der Waals surface area contributed by atoms with Crippen LogP contribution in [-0.2, 0) is 28.6 Å². The molecule has 0 saturated carbocycles. The first kappa shape index (κ1) is 65.0. The van der Waals surface area contributed by atoms with Gasteiger partial charge in [-0.05, 0) is 128 Å². The second-order valence-corrected chi connectivity index (χ2v) is 17.4. The van der Waals surface area contributed by atoms with E-state index >= 15 is 0 Å². The molecule has 0 bridgehead atoms. The van der Waals surface area contributed by atoms with Crippen LogP contribution >= 0.6 is 0 Å². The lowest BCUT2D eigenvalue weighted by molar-refractivity contribution is -0.166. The number of esters is 3. The molecule has 0 heterocycles. The molecule has 0 aromatic rings. The highest BCUT2D eigenvalue weighted by atomic mass is 16.6. The number of rotatable bonds is 47. The zero-order valence-electron chi connectivity index (χ0n) is 44.5. The summed E-state index contributed by atoms with van der Waals surface area (Å²) in [7, 11) is 0. The van der Waals surface area contributed by atoms with Gasteiger partial charge in [0.05, 0.1) is 0 Å². The van der Waals surface area contributed by atoms with Gasteiger partial charge in [0.1, 0.15) is 13.2 Å². The summed E-state index contributed by atoms with van der Waals surface area (Å²) in [6.07, 6.45) is 82.4. The fourth-order valence-corrected chi connectivity index (χ4v) is 6.71. The van der Waals surface area contributed by atoms with E-state index in [0.717, 1.165) is 116 Å². The Kier molecular flexibility index (Phi) is 52.6. The first-order valence-electron chi connectivity index (χ1n) is 27.5. The van der Waals surface area contributed by atoms with Crippen LogP contribution in [0.4, 0.5) is 0 Å². The van der Waals surface area contributed by atoms with Crippen molar-refractivity contribution in [3.05, 3.63) is 158 Å². The van der Waals surface area contributed by atoms with Crippen molar-refractivity contribution in [2.75, 3.05) is 13.2 Å². The Labute approximate surface area is 429 Å². The van der Waals surface area contributed by atoms with Gasteiger partial charge in [0.15, 0.2) is 6.10 Å². The summed E-state index contributed by atoms with van der Waals surface area (Å²) in [4.78, 5) is 38.1. The number of carbonyl (C=O) groups excluding carboxylic acids is 3. The van der Waals surface area contributed by atoms with Crippen LogP contribution < -0.4 is 0 Å². The maximum absolute atomic E-state index is 12.8. The summed E-state index contributed by atoms with van der Waals surface area (Å²) >= 11 is 0. The highest BCUT2D eigenvalue weighted by molar-refractivity contribution is 5.71. The molecule has 0 rings (SSSR count). The smallest absolute Gasteiger partial charge is 0.306 e. The monoisotopic (exact) mass is 963 g/mol. The van der Waals surface area contributed by atoms with E-state index in [1.54, 1.807) is 0 Å². The summed E-state index contributed by atoms with van der Waals surface area (Å²) in [5.74, 6) is -1.11. The lowest BCUT2D eigenvalue weighted by atomic mass is 10.1. The van der Waals surface area contributed by atoms with Crippen LogP contribution in [0, 0.1) is 0 Å². The number of carbonyl (C=O) groups is 3. The minimum atomic E-state index is -0.851. The van der Waals surface area contributed by atoms with E-state index in [1.807, 2.05) is 12.2 Å². The van der Waals surface area contributed by atoms with Gasteiger partial charge in [0.25, 0.3) is 0 Å². The molecule has 1 atom stereocenters. The zero-order valence-corrected chi connectivity index (χ0v) is 44.5. The van der Waals surface area contributed by atoms with Gasteiger partial charge in [-0.15, -0.1) is 0 Å². The van der Waals surface area contributed by atoms with Crippen molar-refractivity contribution in [1.29, 1.82) is 0 Å². The SMILES string of the molecule is CC/C=C\C/C=C\C/C=C\C/C=C\C/C=C\CCC(=O)OCC(COC(=O)CCCCCCCC/C=C\C/C=C\C/C=C\C/C=C\CC)OC(=O)CCC/C=C\C/C=C\C/C=C\C/C=C\CCCCC. The molecule has 0 aromatic heterocycles. The first-order valence-corrected chi connectivity index (χ1v) is 27.5. The lowest BCUT2D eigenvalue weighted by Crippen LogP contribution is -2.30. The van der Waals surface area contributed by atoms with Gasteiger partial charge in [-0.25, -0.2) is 0 Å². The minimum absolute atomic E-state index is 0.138. The van der Waals surface area contributed by atoms with Gasteiger partial charge in [0, 0.05) is 19.3 Å². The van der Waals surface area contributed by atoms with Gasteiger partial charge in [-0.2, -0.15) is 0 Å². The molecule has 0 aliphatic rings. The summed E-state index contributed by atoms with van der Waals surface area (Å²) in [5, 5.41) is 0. The number of hydrogen-bond acceptors (Lipinski definition) is 6. The molecule has 0 fully saturated rings. The second-order valence-electron chi connectivity index (χ2n) is 17.4. The van der Waals surface area contributed by atoms with Crippen molar-refractivity contribution in [2.24, 2.45) is 0 Å². The molecule has 6 nitrogen and oxygen atoms in total. The highest BCUT2D eigenvalue weighted by Crippen LogP contribution is 2.11. The van der Waals surface area contributed by atoms with Crippen molar-refractivity contribution in [2.45, 2.75) is 213 Å². The number of unbranched alkanes of at least 4 members (excludes halogenated alkanes) is 10. The Balaban J connectivity index is 4.63. The van der Waals surface area contributed by atoms with Crippen LogP contribution in [0.15, 0.2) is 158 Å². The number of allylic oxidation sites excluding steroid dienone is 26. The average molecular weight is 963 g/mol. The molecular formula is C64H98O6. The van der Waals surface area contributed by atoms with E-state index in [-0.39, 0.29) is 38.0 Å². The molecule has 0 aliphatic carbocycles. The molecule has 0 aliphatic heterocycles. The predicted octanol–water partition coefficient (Wildman–Crippen LogP) is 18.6. The number of ether oxygens (including phenoxy) is 3. The molecule has 1 unspecified atom stereocenters.